The topological polar surface area (TPSA) is 40.5 Å². The highest BCUT2D eigenvalue weighted by atomic mass is 79.9. The van der Waals surface area contributed by atoms with Gasteiger partial charge in [-0.1, -0.05) is 28.1 Å². The maximum atomic E-state index is 9.45. The highest BCUT2D eigenvalue weighted by molar-refractivity contribution is 9.10. The van der Waals surface area contributed by atoms with E-state index in [0.29, 0.717) is 0 Å². The molecule has 1 rings (SSSR count). The van der Waals surface area contributed by atoms with Crippen LogP contribution in [0.2, 0.25) is 0 Å². The number of aliphatic hydroxyl groups is 2. The van der Waals surface area contributed by atoms with Crippen molar-refractivity contribution in [3.8, 4) is 0 Å². The fourth-order valence-electron chi connectivity index (χ4n) is 0.969. The average molecular weight is 231 g/mol. The molecule has 0 heterocycles. The molecule has 0 radical (unpaired) electrons. The Bertz CT molecular complexity index is 260. The molecule has 0 fully saturated rings. The summed E-state index contributed by atoms with van der Waals surface area (Å²) >= 11 is 3.29. The van der Waals surface area contributed by atoms with Crippen molar-refractivity contribution >= 4 is 15.9 Å². The van der Waals surface area contributed by atoms with Crippen molar-refractivity contribution in [2.45, 2.75) is 19.1 Å². The first-order valence-corrected chi connectivity index (χ1v) is 4.52. The molecule has 0 saturated carbocycles. The quantitative estimate of drug-likeness (QED) is 0.815. The van der Waals surface area contributed by atoms with Crippen LogP contribution in [-0.2, 0) is 0 Å². The van der Waals surface area contributed by atoms with Gasteiger partial charge in [-0.05, 0) is 24.6 Å². The van der Waals surface area contributed by atoms with E-state index < -0.39 is 12.2 Å². The number of hydrogen-bond donors (Lipinski definition) is 2. The third kappa shape index (κ3) is 2.30. The summed E-state index contributed by atoms with van der Waals surface area (Å²) in [5.74, 6) is 0. The lowest BCUT2D eigenvalue weighted by molar-refractivity contribution is 0.0305. The Hall–Kier alpha value is -0.380. The van der Waals surface area contributed by atoms with Gasteiger partial charge in [0.05, 0.1) is 6.10 Å². The lowest BCUT2D eigenvalue weighted by Gasteiger charge is -2.13. The van der Waals surface area contributed by atoms with E-state index in [-0.39, 0.29) is 0 Å². The van der Waals surface area contributed by atoms with Crippen molar-refractivity contribution in [2.24, 2.45) is 0 Å². The minimum absolute atomic E-state index is 0.722. The normalized spacial score (nSPS) is 15.7. The monoisotopic (exact) mass is 230 g/mol. The maximum absolute atomic E-state index is 9.45. The van der Waals surface area contributed by atoms with Crippen LogP contribution in [0.5, 0.6) is 0 Å². The second kappa shape index (κ2) is 4.03. The molecule has 0 aliphatic heterocycles. The van der Waals surface area contributed by atoms with Crippen LogP contribution in [0.1, 0.15) is 18.6 Å². The Labute approximate surface area is 80.0 Å². The van der Waals surface area contributed by atoms with Crippen LogP contribution in [-0.4, -0.2) is 16.3 Å². The van der Waals surface area contributed by atoms with Crippen molar-refractivity contribution in [3.63, 3.8) is 0 Å². The largest absolute Gasteiger partial charge is 0.390 e. The summed E-state index contributed by atoms with van der Waals surface area (Å²) in [5, 5.41) is 18.6. The highest BCUT2D eigenvalue weighted by Gasteiger charge is 2.12. The first kappa shape index (κ1) is 9.71. The van der Waals surface area contributed by atoms with Gasteiger partial charge in [0.2, 0.25) is 0 Å². The van der Waals surface area contributed by atoms with Crippen LogP contribution in [0.25, 0.3) is 0 Å². The molecule has 0 spiro atoms. The van der Waals surface area contributed by atoms with Gasteiger partial charge in [0.25, 0.3) is 0 Å². The summed E-state index contributed by atoms with van der Waals surface area (Å²) < 4.78 is 0.903. The molecule has 0 saturated heterocycles. The smallest absolute Gasteiger partial charge is 0.105 e. The summed E-state index contributed by atoms with van der Waals surface area (Å²) in [6.45, 7) is 1.56. The Morgan fingerprint density at radius 1 is 1.33 bits per heavy atom. The van der Waals surface area contributed by atoms with Gasteiger partial charge in [0, 0.05) is 4.47 Å². The fourth-order valence-corrected chi connectivity index (χ4v) is 1.39. The first-order valence-electron chi connectivity index (χ1n) is 3.73. The van der Waals surface area contributed by atoms with E-state index in [1.165, 1.54) is 0 Å². The second-order valence-corrected chi connectivity index (χ2v) is 3.66. The zero-order valence-corrected chi connectivity index (χ0v) is 8.32. The van der Waals surface area contributed by atoms with Crippen molar-refractivity contribution < 1.29 is 10.2 Å². The summed E-state index contributed by atoms with van der Waals surface area (Å²) in [5.41, 5.74) is 0.722. The number of halogens is 1. The van der Waals surface area contributed by atoms with Crippen molar-refractivity contribution in [1.82, 2.24) is 0 Å². The van der Waals surface area contributed by atoms with E-state index in [2.05, 4.69) is 15.9 Å². The average Bonchev–Trinajstić information content (AvgIpc) is 2.03. The minimum Gasteiger partial charge on any atom is -0.390 e. The van der Waals surface area contributed by atoms with Gasteiger partial charge >= 0.3 is 0 Å². The molecular formula is C9H11BrO2. The molecular weight excluding hydrogens is 220 g/mol. The van der Waals surface area contributed by atoms with Crippen LogP contribution < -0.4 is 0 Å². The van der Waals surface area contributed by atoms with Crippen LogP contribution in [0, 0.1) is 0 Å². The van der Waals surface area contributed by atoms with Gasteiger partial charge < -0.3 is 10.2 Å². The molecule has 0 amide bonds. The predicted octanol–water partition coefficient (Wildman–Crippen LogP) is 1.86. The summed E-state index contributed by atoms with van der Waals surface area (Å²) in [4.78, 5) is 0. The van der Waals surface area contributed by atoms with Gasteiger partial charge in [-0.2, -0.15) is 0 Å². The standard InChI is InChI=1S/C9H11BrO2/c1-6(11)9(12)7-3-2-4-8(10)5-7/h2-6,9,11-12H,1H3/t6-,9+/m0/s1. The van der Waals surface area contributed by atoms with E-state index in [4.69, 9.17) is 5.11 Å². The molecule has 1 aromatic rings. The van der Waals surface area contributed by atoms with Crippen molar-refractivity contribution in [1.29, 1.82) is 0 Å². The van der Waals surface area contributed by atoms with Gasteiger partial charge in [0.1, 0.15) is 6.10 Å². The molecule has 12 heavy (non-hydrogen) atoms. The lowest BCUT2D eigenvalue weighted by atomic mass is 10.1. The zero-order valence-electron chi connectivity index (χ0n) is 6.74. The molecule has 2 nitrogen and oxygen atoms in total. The Balaban J connectivity index is 2.88. The Kier molecular flexibility index (Phi) is 3.26. The number of aliphatic hydroxyl groups excluding tert-OH is 2. The van der Waals surface area contributed by atoms with E-state index in [1.54, 1.807) is 19.1 Å². The van der Waals surface area contributed by atoms with Gasteiger partial charge in [-0.15, -0.1) is 0 Å². The number of rotatable bonds is 2. The molecule has 0 aromatic heterocycles. The Morgan fingerprint density at radius 2 is 2.00 bits per heavy atom. The molecule has 66 valence electrons. The highest BCUT2D eigenvalue weighted by Crippen LogP contribution is 2.20. The molecule has 0 aliphatic rings. The number of benzene rings is 1. The lowest BCUT2D eigenvalue weighted by Crippen LogP contribution is -2.13. The molecule has 2 atom stereocenters. The van der Waals surface area contributed by atoms with E-state index in [0.717, 1.165) is 10.0 Å². The molecule has 1 aromatic carbocycles. The summed E-state index contributed by atoms with van der Waals surface area (Å²) in [6, 6.07) is 7.27. The van der Waals surface area contributed by atoms with E-state index in [9.17, 15) is 5.11 Å². The van der Waals surface area contributed by atoms with E-state index in [1.807, 2.05) is 12.1 Å². The maximum Gasteiger partial charge on any atom is 0.105 e. The minimum atomic E-state index is -0.803. The third-order valence-electron chi connectivity index (χ3n) is 1.65. The fraction of sp³-hybridized carbons (Fsp3) is 0.333. The van der Waals surface area contributed by atoms with Crippen molar-refractivity contribution in [2.75, 3.05) is 0 Å². The van der Waals surface area contributed by atoms with Crippen molar-refractivity contribution in [3.05, 3.63) is 34.3 Å². The molecule has 3 heteroatoms. The van der Waals surface area contributed by atoms with Gasteiger partial charge in [-0.3, -0.25) is 0 Å². The summed E-state index contributed by atoms with van der Waals surface area (Å²) in [6.07, 6.45) is -1.54. The second-order valence-electron chi connectivity index (χ2n) is 2.74. The zero-order chi connectivity index (χ0) is 9.14. The van der Waals surface area contributed by atoms with Gasteiger partial charge in [0.15, 0.2) is 0 Å². The molecule has 0 bridgehead atoms. The first-order chi connectivity index (χ1) is 5.61. The number of hydrogen-bond acceptors (Lipinski definition) is 2. The summed E-state index contributed by atoms with van der Waals surface area (Å²) in [7, 11) is 0. The predicted molar refractivity (Wildman–Crippen MR) is 50.8 cm³/mol. The van der Waals surface area contributed by atoms with Crippen LogP contribution in [0.15, 0.2) is 28.7 Å². The third-order valence-corrected chi connectivity index (χ3v) is 2.14. The van der Waals surface area contributed by atoms with E-state index >= 15 is 0 Å². The molecule has 0 unspecified atom stereocenters. The SMILES string of the molecule is C[C@H](O)[C@@H](O)c1cccc(Br)c1. The Morgan fingerprint density at radius 3 is 2.50 bits per heavy atom. The van der Waals surface area contributed by atoms with Crippen LogP contribution >= 0.6 is 15.9 Å². The van der Waals surface area contributed by atoms with Crippen LogP contribution in [0.4, 0.5) is 0 Å². The van der Waals surface area contributed by atoms with Gasteiger partial charge in [-0.25, -0.2) is 0 Å². The molecule has 2 N–H and O–H groups in total. The molecule has 0 aliphatic carbocycles. The van der Waals surface area contributed by atoms with Crippen LogP contribution in [0.3, 0.4) is 0 Å².